The third-order valence-electron chi connectivity index (χ3n) is 4.01. The van der Waals surface area contributed by atoms with Crippen molar-refractivity contribution in [3.05, 3.63) is 50.9 Å². The molecule has 2 heterocycles. The van der Waals surface area contributed by atoms with E-state index >= 15 is 0 Å². The van der Waals surface area contributed by atoms with Gasteiger partial charge in [-0.05, 0) is 17.7 Å². The van der Waals surface area contributed by atoms with Crippen molar-refractivity contribution in [3.63, 3.8) is 0 Å². The number of ether oxygens (including phenoxy) is 1. The van der Waals surface area contributed by atoms with Crippen LogP contribution in [0.2, 0.25) is 5.02 Å². The monoisotopic (exact) mass is 361 g/mol. The van der Waals surface area contributed by atoms with Crippen LogP contribution in [0.15, 0.2) is 24.3 Å². The number of benzene rings is 1. The third-order valence-corrected chi connectivity index (χ3v) is 5.46. The Labute approximate surface area is 149 Å². The summed E-state index contributed by atoms with van der Waals surface area (Å²) in [5.41, 5.74) is 8.25. The number of halogens is 1. The lowest BCUT2D eigenvalue weighted by atomic mass is 9.96. The Morgan fingerprint density at radius 3 is 2.58 bits per heavy atom. The van der Waals surface area contributed by atoms with Crippen molar-refractivity contribution < 1.29 is 9.53 Å². The van der Waals surface area contributed by atoms with E-state index in [1.165, 1.54) is 11.3 Å². The van der Waals surface area contributed by atoms with Gasteiger partial charge >= 0.3 is 0 Å². The van der Waals surface area contributed by atoms with Crippen molar-refractivity contribution in [2.75, 3.05) is 31.2 Å². The Hall–Kier alpha value is -1.91. The fourth-order valence-electron chi connectivity index (χ4n) is 2.78. The van der Waals surface area contributed by atoms with E-state index in [2.05, 4.69) is 11.0 Å². The van der Waals surface area contributed by atoms with Crippen molar-refractivity contribution >= 4 is 34.2 Å². The first kappa shape index (κ1) is 16.9. The first-order chi connectivity index (χ1) is 11.7. The Balaban J connectivity index is 2.05. The van der Waals surface area contributed by atoms with E-state index in [9.17, 15) is 10.1 Å². The van der Waals surface area contributed by atoms with Crippen LogP contribution in [-0.2, 0) is 4.74 Å². The number of carbonyl (C=O) groups excluding carboxylic acids is 1. The quantitative estimate of drug-likeness (QED) is 0.847. The molecule has 1 saturated heterocycles. The van der Waals surface area contributed by atoms with Gasteiger partial charge in [-0.1, -0.05) is 23.7 Å². The van der Waals surface area contributed by atoms with Gasteiger partial charge in [-0.3, -0.25) is 4.79 Å². The molecule has 2 aromatic rings. The summed E-state index contributed by atoms with van der Waals surface area (Å²) in [7, 11) is 0. The molecule has 0 saturated carbocycles. The van der Waals surface area contributed by atoms with Crippen LogP contribution in [0.4, 0.5) is 5.00 Å². The van der Waals surface area contributed by atoms with Gasteiger partial charge in [-0.15, -0.1) is 11.3 Å². The zero-order chi connectivity index (χ0) is 17.1. The molecular weight excluding hydrogens is 346 g/mol. The highest BCUT2D eigenvalue weighted by molar-refractivity contribution is 7.18. The highest BCUT2D eigenvalue weighted by Gasteiger charge is 2.27. The lowest BCUT2D eigenvalue weighted by molar-refractivity contribution is 0.112. The smallest absolute Gasteiger partial charge is 0.160 e. The fourth-order valence-corrected chi connectivity index (χ4v) is 4.07. The number of rotatable bonds is 4. The van der Waals surface area contributed by atoms with Crippen molar-refractivity contribution in [3.8, 4) is 6.07 Å². The number of nitriles is 1. The van der Waals surface area contributed by atoms with Crippen LogP contribution in [0, 0.1) is 11.3 Å². The third kappa shape index (κ3) is 3.17. The summed E-state index contributed by atoms with van der Waals surface area (Å²) >= 11 is 7.24. The summed E-state index contributed by atoms with van der Waals surface area (Å²) in [4.78, 5) is 14.1. The van der Waals surface area contributed by atoms with Crippen molar-refractivity contribution in [1.29, 1.82) is 5.26 Å². The van der Waals surface area contributed by atoms with Gasteiger partial charge in [0.1, 0.15) is 11.1 Å². The maximum absolute atomic E-state index is 11.6. The lowest BCUT2D eigenvalue weighted by Gasteiger charge is -2.27. The Morgan fingerprint density at radius 1 is 1.33 bits per heavy atom. The topological polar surface area (TPSA) is 79.4 Å². The molecule has 1 aliphatic heterocycles. The van der Waals surface area contributed by atoms with Crippen molar-refractivity contribution in [2.45, 2.75) is 6.04 Å². The van der Waals surface area contributed by atoms with E-state index in [0.29, 0.717) is 47.3 Å². The van der Waals surface area contributed by atoms with Crippen molar-refractivity contribution in [2.24, 2.45) is 5.73 Å². The van der Waals surface area contributed by atoms with Gasteiger partial charge in [-0.2, -0.15) is 5.26 Å². The molecule has 0 amide bonds. The molecule has 0 aliphatic carbocycles. The minimum absolute atomic E-state index is 0.478. The first-order valence-electron chi connectivity index (χ1n) is 7.51. The van der Waals surface area contributed by atoms with Gasteiger partial charge < -0.3 is 15.4 Å². The highest BCUT2D eigenvalue weighted by Crippen LogP contribution is 2.39. The number of hydrogen-bond donors (Lipinski definition) is 1. The number of nitrogens with zero attached hydrogens (tertiary/aromatic N) is 2. The largest absolute Gasteiger partial charge is 0.378 e. The second kappa shape index (κ2) is 7.32. The summed E-state index contributed by atoms with van der Waals surface area (Å²) in [6, 6.07) is 8.81. The van der Waals surface area contributed by atoms with Crippen LogP contribution in [0.3, 0.4) is 0 Å². The molecule has 124 valence electrons. The maximum Gasteiger partial charge on any atom is 0.160 e. The van der Waals surface area contributed by atoms with Crippen LogP contribution in [0.5, 0.6) is 0 Å². The van der Waals surface area contributed by atoms with E-state index in [-0.39, 0.29) is 0 Å². The van der Waals surface area contributed by atoms with E-state index in [4.69, 9.17) is 22.1 Å². The van der Waals surface area contributed by atoms with Crippen LogP contribution in [0.25, 0.3) is 0 Å². The number of hydrogen-bond acceptors (Lipinski definition) is 6. The van der Waals surface area contributed by atoms with Gasteiger partial charge in [-0.25, -0.2) is 0 Å². The minimum atomic E-state index is -0.553. The number of carbonyl (C=O) groups is 1. The zero-order valence-electron chi connectivity index (χ0n) is 12.9. The maximum atomic E-state index is 11.6. The first-order valence-corrected chi connectivity index (χ1v) is 8.71. The molecule has 1 aliphatic rings. The molecule has 2 N–H and O–H groups in total. The SMILES string of the molecule is N#Cc1c(N2CCOCC2)sc(C=O)c1C(N)c1ccc(Cl)cc1. The molecule has 1 fully saturated rings. The normalized spacial score (nSPS) is 15.8. The summed E-state index contributed by atoms with van der Waals surface area (Å²) in [5.74, 6) is 0. The Kier molecular flexibility index (Phi) is 5.17. The minimum Gasteiger partial charge on any atom is -0.378 e. The van der Waals surface area contributed by atoms with Crippen LogP contribution >= 0.6 is 22.9 Å². The van der Waals surface area contributed by atoms with Gasteiger partial charge in [0.2, 0.25) is 0 Å². The molecule has 0 spiro atoms. The second-order valence-electron chi connectivity index (χ2n) is 5.42. The second-order valence-corrected chi connectivity index (χ2v) is 6.89. The van der Waals surface area contributed by atoms with E-state index < -0.39 is 6.04 Å². The summed E-state index contributed by atoms with van der Waals surface area (Å²) in [6.07, 6.45) is 0.778. The van der Waals surface area contributed by atoms with Crippen LogP contribution < -0.4 is 10.6 Å². The fraction of sp³-hybridized carbons (Fsp3) is 0.294. The average molecular weight is 362 g/mol. The molecule has 1 aromatic heterocycles. The molecule has 3 rings (SSSR count). The van der Waals surface area contributed by atoms with E-state index in [1.54, 1.807) is 12.1 Å². The van der Waals surface area contributed by atoms with Gasteiger partial charge in [0.05, 0.1) is 29.7 Å². The van der Waals surface area contributed by atoms with E-state index in [1.807, 2.05) is 12.1 Å². The summed E-state index contributed by atoms with van der Waals surface area (Å²) in [6.45, 7) is 2.61. The number of thiophene rings is 1. The summed E-state index contributed by atoms with van der Waals surface area (Å²) < 4.78 is 5.36. The molecule has 0 radical (unpaired) electrons. The van der Waals surface area contributed by atoms with Crippen LogP contribution in [0.1, 0.15) is 32.4 Å². The molecule has 1 aromatic carbocycles. The van der Waals surface area contributed by atoms with E-state index in [0.717, 1.165) is 16.9 Å². The number of nitrogens with two attached hydrogens (primary N) is 1. The predicted octanol–water partition coefficient (Wildman–Crippen LogP) is 2.97. The molecule has 0 bridgehead atoms. The van der Waals surface area contributed by atoms with Crippen LogP contribution in [-0.4, -0.2) is 32.6 Å². The molecular formula is C17H16ClN3O2S. The number of morpholine rings is 1. The molecule has 1 atom stereocenters. The molecule has 1 unspecified atom stereocenters. The van der Waals surface area contributed by atoms with Crippen molar-refractivity contribution in [1.82, 2.24) is 0 Å². The molecule has 24 heavy (non-hydrogen) atoms. The summed E-state index contributed by atoms with van der Waals surface area (Å²) in [5, 5.41) is 11.1. The average Bonchev–Trinajstić information content (AvgIpc) is 3.01. The molecule has 5 nitrogen and oxygen atoms in total. The lowest BCUT2D eigenvalue weighted by Crippen LogP contribution is -2.36. The predicted molar refractivity (Wildman–Crippen MR) is 94.9 cm³/mol. The number of aldehydes is 1. The Bertz CT molecular complexity index is 776. The Morgan fingerprint density at radius 2 is 2.00 bits per heavy atom. The zero-order valence-corrected chi connectivity index (χ0v) is 14.4. The molecule has 7 heteroatoms. The highest BCUT2D eigenvalue weighted by atomic mass is 35.5. The number of anilines is 1. The van der Waals surface area contributed by atoms with Gasteiger partial charge in [0, 0.05) is 23.7 Å². The van der Waals surface area contributed by atoms with Gasteiger partial charge in [0.15, 0.2) is 6.29 Å². The van der Waals surface area contributed by atoms with Gasteiger partial charge in [0.25, 0.3) is 0 Å². The standard InChI is InChI=1S/C17H16ClN3O2S/c18-12-3-1-11(2-4-12)16(20)15-13(9-19)17(24-14(15)10-22)21-5-7-23-8-6-21/h1-4,10,16H,5-8,20H2.